The Hall–Kier alpha value is -3.87. The molecule has 7 nitrogen and oxygen atoms in total. The van der Waals surface area contributed by atoms with Crippen molar-refractivity contribution in [2.24, 2.45) is 0 Å². The lowest BCUT2D eigenvalue weighted by Gasteiger charge is -2.15. The topological polar surface area (TPSA) is 86.5 Å². The van der Waals surface area contributed by atoms with Gasteiger partial charge in [0, 0.05) is 23.6 Å². The van der Waals surface area contributed by atoms with E-state index < -0.39 is 6.10 Å². The van der Waals surface area contributed by atoms with Gasteiger partial charge < -0.3 is 19.2 Å². The van der Waals surface area contributed by atoms with Gasteiger partial charge in [0.05, 0.1) is 7.11 Å². The molecule has 0 aliphatic carbocycles. The molecule has 2 aromatic carbocycles. The second-order valence-corrected chi connectivity index (χ2v) is 6.36. The van der Waals surface area contributed by atoms with E-state index in [1.54, 1.807) is 68.9 Å². The van der Waals surface area contributed by atoms with Crippen LogP contribution >= 0.6 is 0 Å². The highest BCUT2D eigenvalue weighted by Gasteiger charge is 2.16. The lowest BCUT2D eigenvalue weighted by molar-refractivity contribution is -0.122. The highest BCUT2D eigenvalue weighted by molar-refractivity contribution is 5.95. The van der Waals surface area contributed by atoms with Gasteiger partial charge in [0.1, 0.15) is 17.0 Å². The van der Waals surface area contributed by atoms with E-state index in [-0.39, 0.29) is 5.91 Å². The van der Waals surface area contributed by atoms with Gasteiger partial charge in [-0.05, 0) is 61.5 Å². The first kappa shape index (κ1) is 18.5. The van der Waals surface area contributed by atoms with Crippen LogP contribution in [0.15, 0.2) is 71.4 Å². The second-order valence-electron chi connectivity index (χ2n) is 6.36. The first-order valence-electron chi connectivity index (χ1n) is 9.05. The maximum absolute atomic E-state index is 12.5. The van der Waals surface area contributed by atoms with Crippen LogP contribution in [0.25, 0.3) is 22.6 Å². The molecular formula is C22H19N3O4. The van der Waals surface area contributed by atoms with E-state index in [1.165, 1.54) is 0 Å². The molecule has 0 fully saturated rings. The molecule has 29 heavy (non-hydrogen) atoms. The molecule has 0 bridgehead atoms. The van der Waals surface area contributed by atoms with Crippen molar-refractivity contribution < 1.29 is 18.7 Å². The normalized spacial score (nSPS) is 11.8. The minimum absolute atomic E-state index is 0.266. The number of rotatable bonds is 6. The number of anilines is 1. The zero-order valence-corrected chi connectivity index (χ0v) is 16.0. The number of nitrogens with one attached hydrogen (secondary N) is 1. The van der Waals surface area contributed by atoms with Crippen LogP contribution in [0.5, 0.6) is 11.5 Å². The number of nitrogens with zero attached hydrogens (tertiary/aromatic N) is 2. The Bertz CT molecular complexity index is 1120. The molecule has 1 N–H and O–H groups in total. The van der Waals surface area contributed by atoms with Crippen molar-refractivity contribution in [2.75, 3.05) is 12.4 Å². The summed E-state index contributed by atoms with van der Waals surface area (Å²) in [4.78, 5) is 21.0. The molecule has 0 spiro atoms. The molecule has 4 rings (SSSR count). The van der Waals surface area contributed by atoms with Crippen LogP contribution in [0.3, 0.4) is 0 Å². The van der Waals surface area contributed by atoms with Gasteiger partial charge in [0.15, 0.2) is 11.7 Å². The van der Waals surface area contributed by atoms with Crippen LogP contribution in [0.4, 0.5) is 5.69 Å². The van der Waals surface area contributed by atoms with E-state index in [0.29, 0.717) is 28.4 Å². The van der Waals surface area contributed by atoms with Crippen molar-refractivity contribution in [1.82, 2.24) is 9.97 Å². The Morgan fingerprint density at radius 1 is 1.03 bits per heavy atom. The number of aromatic nitrogens is 2. The smallest absolute Gasteiger partial charge is 0.265 e. The molecule has 1 amide bonds. The summed E-state index contributed by atoms with van der Waals surface area (Å²) in [6.45, 7) is 1.69. The molecule has 0 saturated carbocycles. The number of hydrogen-bond acceptors (Lipinski definition) is 6. The monoisotopic (exact) mass is 389 g/mol. The van der Waals surface area contributed by atoms with Gasteiger partial charge in [0.2, 0.25) is 5.89 Å². The van der Waals surface area contributed by atoms with E-state index in [0.717, 1.165) is 11.3 Å². The Morgan fingerprint density at radius 2 is 1.76 bits per heavy atom. The molecule has 0 aliphatic heterocycles. The van der Waals surface area contributed by atoms with Crippen molar-refractivity contribution in [3.8, 4) is 23.0 Å². The third kappa shape index (κ3) is 4.19. The van der Waals surface area contributed by atoms with Crippen LogP contribution in [-0.4, -0.2) is 29.1 Å². The molecule has 1 atom stereocenters. The lowest BCUT2D eigenvalue weighted by atomic mass is 10.2. The number of pyridine rings is 1. The molecule has 0 aliphatic rings. The Balaban J connectivity index is 1.45. The van der Waals surface area contributed by atoms with Crippen molar-refractivity contribution in [3.05, 3.63) is 67.0 Å². The van der Waals surface area contributed by atoms with Crippen LogP contribution in [0.2, 0.25) is 0 Å². The molecule has 0 saturated heterocycles. The molecule has 0 radical (unpaired) electrons. The molecular weight excluding hydrogens is 370 g/mol. The molecule has 7 heteroatoms. The SMILES string of the molecule is COc1ccc(OC(C)C(=O)Nc2ccc3oc(-c4ccncc4)nc3c2)cc1. The highest BCUT2D eigenvalue weighted by atomic mass is 16.5. The minimum atomic E-state index is -0.677. The maximum Gasteiger partial charge on any atom is 0.265 e. The Labute approximate surface area is 167 Å². The fourth-order valence-corrected chi connectivity index (χ4v) is 2.78. The third-order valence-electron chi connectivity index (χ3n) is 4.32. The standard InChI is InChI=1S/C22H19N3O4/c1-14(28-18-6-4-17(27-2)5-7-18)21(26)24-16-3-8-20-19(13-16)25-22(29-20)15-9-11-23-12-10-15/h3-14H,1-2H3,(H,24,26). The van der Waals surface area contributed by atoms with Crippen molar-refractivity contribution in [2.45, 2.75) is 13.0 Å². The predicted molar refractivity (Wildman–Crippen MR) is 109 cm³/mol. The van der Waals surface area contributed by atoms with E-state index >= 15 is 0 Å². The van der Waals surface area contributed by atoms with Crippen molar-refractivity contribution >= 4 is 22.7 Å². The van der Waals surface area contributed by atoms with Crippen LogP contribution in [0, 0.1) is 0 Å². The predicted octanol–water partition coefficient (Wildman–Crippen LogP) is 4.30. The zero-order chi connectivity index (χ0) is 20.2. The zero-order valence-electron chi connectivity index (χ0n) is 16.0. The van der Waals surface area contributed by atoms with E-state index in [2.05, 4.69) is 15.3 Å². The molecule has 2 heterocycles. The lowest BCUT2D eigenvalue weighted by Crippen LogP contribution is -2.30. The summed E-state index contributed by atoms with van der Waals surface area (Å²) < 4.78 is 16.6. The fraction of sp³-hybridized carbons (Fsp3) is 0.136. The summed E-state index contributed by atoms with van der Waals surface area (Å²) in [5.41, 5.74) is 2.74. The molecule has 2 aromatic heterocycles. The van der Waals surface area contributed by atoms with Crippen molar-refractivity contribution in [1.29, 1.82) is 0 Å². The third-order valence-corrected chi connectivity index (χ3v) is 4.32. The van der Waals surface area contributed by atoms with Crippen LogP contribution in [-0.2, 0) is 4.79 Å². The van der Waals surface area contributed by atoms with Crippen molar-refractivity contribution in [3.63, 3.8) is 0 Å². The number of ether oxygens (including phenoxy) is 2. The van der Waals surface area contributed by atoms with Gasteiger partial charge in [-0.25, -0.2) is 4.98 Å². The number of carbonyl (C=O) groups is 1. The molecule has 146 valence electrons. The van der Waals surface area contributed by atoms with E-state index in [1.807, 2.05) is 12.1 Å². The average molecular weight is 389 g/mol. The fourth-order valence-electron chi connectivity index (χ4n) is 2.78. The first-order chi connectivity index (χ1) is 14.1. The number of amides is 1. The first-order valence-corrected chi connectivity index (χ1v) is 9.05. The molecule has 4 aromatic rings. The number of methoxy groups -OCH3 is 1. The average Bonchev–Trinajstić information content (AvgIpc) is 3.18. The summed E-state index contributed by atoms with van der Waals surface area (Å²) in [5, 5.41) is 2.85. The van der Waals surface area contributed by atoms with Gasteiger partial charge in [-0.3, -0.25) is 9.78 Å². The summed E-state index contributed by atoms with van der Waals surface area (Å²) >= 11 is 0. The quantitative estimate of drug-likeness (QED) is 0.529. The van der Waals surface area contributed by atoms with E-state index in [4.69, 9.17) is 13.9 Å². The number of fused-ring (bicyclic) bond motifs is 1. The van der Waals surface area contributed by atoms with Gasteiger partial charge in [-0.15, -0.1) is 0 Å². The Morgan fingerprint density at radius 3 is 2.48 bits per heavy atom. The largest absolute Gasteiger partial charge is 0.497 e. The minimum Gasteiger partial charge on any atom is -0.497 e. The van der Waals surface area contributed by atoms with Gasteiger partial charge >= 0.3 is 0 Å². The Kier molecular flexibility index (Phi) is 5.11. The summed E-state index contributed by atoms with van der Waals surface area (Å²) in [6, 6.07) is 16.0. The number of carbonyl (C=O) groups excluding carboxylic acids is 1. The summed E-state index contributed by atoms with van der Waals surface area (Å²) in [5.74, 6) is 1.55. The summed E-state index contributed by atoms with van der Waals surface area (Å²) in [7, 11) is 1.59. The second kappa shape index (κ2) is 8.02. The van der Waals surface area contributed by atoms with Gasteiger partial charge in [-0.2, -0.15) is 0 Å². The van der Waals surface area contributed by atoms with Gasteiger partial charge in [0.25, 0.3) is 5.91 Å². The number of hydrogen-bond donors (Lipinski definition) is 1. The molecule has 1 unspecified atom stereocenters. The van der Waals surface area contributed by atoms with E-state index in [9.17, 15) is 4.79 Å². The van der Waals surface area contributed by atoms with Gasteiger partial charge in [-0.1, -0.05) is 0 Å². The maximum atomic E-state index is 12.5. The summed E-state index contributed by atoms with van der Waals surface area (Å²) in [6.07, 6.45) is 2.68. The van der Waals surface area contributed by atoms with Crippen LogP contribution in [0.1, 0.15) is 6.92 Å². The highest BCUT2D eigenvalue weighted by Crippen LogP contribution is 2.26. The number of benzene rings is 2. The number of oxazole rings is 1. The van der Waals surface area contributed by atoms with Crippen LogP contribution < -0.4 is 14.8 Å².